The minimum absolute atomic E-state index is 0.337. The summed E-state index contributed by atoms with van der Waals surface area (Å²) in [6.07, 6.45) is 8.44. The predicted molar refractivity (Wildman–Crippen MR) is 72.6 cm³/mol. The molecule has 1 aliphatic carbocycles. The number of hydrogen-bond acceptors (Lipinski definition) is 2. The summed E-state index contributed by atoms with van der Waals surface area (Å²) in [7, 11) is 0. The quantitative estimate of drug-likeness (QED) is 0.847. The monoisotopic (exact) mass is 272 g/mol. The molecule has 4 heteroatoms. The molecule has 2 rings (SSSR count). The average Bonchev–Trinajstić information content (AvgIpc) is 2.34. The van der Waals surface area contributed by atoms with Gasteiger partial charge in [-0.25, -0.2) is 0 Å². The smallest absolute Gasteiger partial charge is 0.0634 e. The standard InChI is InChI=1S/C13H18Cl2N2/c14-12-4-2-1-3-10(12)7-17-8-11-5-6-16-9-13(11)15/h5-6,9-10,12,17H,1-4,7-8H2. The highest BCUT2D eigenvalue weighted by atomic mass is 35.5. The Labute approximate surface area is 113 Å². The van der Waals surface area contributed by atoms with Gasteiger partial charge in [0.2, 0.25) is 0 Å². The van der Waals surface area contributed by atoms with Gasteiger partial charge in [0.25, 0.3) is 0 Å². The Morgan fingerprint density at radius 2 is 2.18 bits per heavy atom. The number of nitrogens with zero attached hydrogens (tertiary/aromatic N) is 1. The minimum Gasteiger partial charge on any atom is -0.312 e. The predicted octanol–water partition coefficient (Wildman–Crippen LogP) is 3.62. The molecule has 0 saturated heterocycles. The minimum atomic E-state index is 0.337. The van der Waals surface area contributed by atoms with E-state index < -0.39 is 0 Å². The van der Waals surface area contributed by atoms with Crippen molar-refractivity contribution < 1.29 is 0 Å². The first kappa shape index (κ1) is 13.1. The molecule has 2 nitrogen and oxygen atoms in total. The molecule has 94 valence electrons. The van der Waals surface area contributed by atoms with Crippen LogP contribution in [0, 0.1) is 5.92 Å². The number of nitrogens with one attached hydrogen (secondary N) is 1. The first-order valence-corrected chi connectivity index (χ1v) is 7.02. The summed E-state index contributed by atoms with van der Waals surface area (Å²) in [5.74, 6) is 0.603. The van der Waals surface area contributed by atoms with Crippen LogP contribution in [0.4, 0.5) is 0 Å². The van der Waals surface area contributed by atoms with Gasteiger partial charge in [0.15, 0.2) is 0 Å². The Hall–Kier alpha value is -0.310. The normalized spacial score (nSPS) is 24.8. The molecule has 2 atom stereocenters. The maximum Gasteiger partial charge on any atom is 0.0634 e. The highest BCUT2D eigenvalue weighted by Crippen LogP contribution is 2.28. The molecule has 1 aromatic rings. The van der Waals surface area contributed by atoms with Crippen molar-refractivity contribution in [3.8, 4) is 0 Å². The van der Waals surface area contributed by atoms with E-state index >= 15 is 0 Å². The highest BCUT2D eigenvalue weighted by Gasteiger charge is 2.22. The van der Waals surface area contributed by atoms with E-state index in [1.165, 1.54) is 19.3 Å². The van der Waals surface area contributed by atoms with Gasteiger partial charge in [-0.3, -0.25) is 4.98 Å². The van der Waals surface area contributed by atoms with E-state index in [1.807, 2.05) is 6.07 Å². The molecule has 0 radical (unpaired) electrons. The second-order valence-corrected chi connectivity index (χ2v) is 5.63. The van der Waals surface area contributed by atoms with Crippen molar-refractivity contribution in [1.29, 1.82) is 0 Å². The number of pyridine rings is 1. The molecule has 0 amide bonds. The number of aromatic nitrogens is 1. The zero-order chi connectivity index (χ0) is 12.1. The molecular weight excluding hydrogens is 255 g/mol. The van der Waals surface area contributed by atoms with Crippen molar-refractivity contribution in [2.45, 2.75) is 37.6 Å². The summed E-state index contributed by atoms with van der Waals surface area (Å²) in [4.78, 5) is 3.97. The third kappa shape index (κ3) is 3.84. The molecule has 2 unspecified atom stereocenters. The third-order valence-corrected chi connectivity index (χ3v) is 4.31. The van der Waals surface area contributed by atoms with Gasteiger partial charge in [-0.1, -0.05) is 24.4 Å². The van der Waals surface area contributed by atoms with Gasteiger partial charge in [-0.15, -0.1) is 11.6 Å². The van der Waals surface area contributed by atoms with E-state index in [2.05, 4.69) is 10.3 Å². The molecule has 1 N–H and O–H groups in total. The highest BCUT2D eigenvalue weighted by molar-refractivity contribution is 6.31. The van der Waals surface area contributed by atoms with Gasteiger partial charge in [-0.2, -0.15) is 0 Å². The van der Waals surface area contributed by atoms with Crippen LogP contribution in [0.2, 0.25) is 5.02 Å². The van der Waals surface area contributed by atoms with Crippen molar-refractivity contribution in [1.82, 2.24) is 10.3 Å². The topological polar surface area (TPSA) is 24.9 Å². The maximum absolute atomic E-state index is 6.32. The van der Waals surface area contributed by atoms with Gasteiger partial charge < -0.3 is 5.32 Å². The fourth-order valence-corrected chi connectivity index (χ4v) is 2.89. The molecule has 17 heavy (non-hydrogen) atoms. The average molecular weight is 273 g/mol. The van der Waals surface area contributed by atoms with Crippen LogP contribution in [0.15, 0.2) is 18.5 Å². The van der Waals surface area contributed by atoms with Crippen molar-refractivity contribution in [3.05, 3.63) is 29.0 Å². The van der Waals surface area contributed by atoms with Crippen LogP contribution in [0.3, 0.4) is 0 Å². The molecule has 0 bridgehead atoms. The molecule has 0 aliphatic heterocycles. The largest absolute Gasteiger partial charge is 0.312 e. The SMILES string of the molecule is Clc1cnccc1CNCC1CCCCC1Cl. The summed E-state index contributed by atoms with van der Waals surface area (Å²) in [5.41, 5.74) is 1.10. The first-order valence-electron chi connectivity index (χ1n) is 6.20. The lowest BCUT2D eigenvalue weighted by Crippen LogP contribution is -2.30. The molecule has 0 spiro atoms. The second kappa shape index (κ2) is 6.58. The summed E-state index contributed by atoms with van der Waals surface area (Å²) in [6.45, 7) is 1.77. The van der Waals surface area contributed by atoms with E-state index in [4.69, 9.17) is 23.2 Å². The van der Waals surface area contributed by atoms with E-state index in [1.54, 1.807) is 12.4 Å². The number of rotatable bonds is 4. The van der Waals surface area contributed by atoms with E-state index in [-0.39, 0.29) is 0 Å². The van der Waals surface area contributed by atoms with Crippen LogP contribution in [-0.2, 0) is 6.54 Å². The van der Waals surface area contributed by atoms with Crippen LogP contribution >= 0.6 is 23.2 Å². The fourth-order valence-electron chi connectivity index (χ4n) is 2.33. The lowest BCUT2D eigenvalue weighted by Gasteiger charge is -2.27. The van der Waals surface area contributed by atoms with Crippen LogP contribution in [0.5, 0.6) is 0 Å². The van der Waals surface area contributed by atoms with Crippen LogP contribution in [0.25, 0.3) is 0 Å². The van der Waals surface area contributed by atoms with Crippen molar-refractivity contribution in [2.75, 3.05) is 6.54 Å². The van der Waals surface area contributed by atoms with E-state index in [0.29, 0.717) is 11.3 Å². The Bertz CT molecular complexity index is 357. The van der Waals surface area contributed by atoms with Crippen LogP contribution in [-0.4, -0.2) is 16.9 Å². The lowest BCUT2D eigenvalue weighted by atomic mass is 9.89. The Balaban J connectivity index is 1.77. The summed E-state index contributed by atoms with van der Waals surface area (Å²) >= 11 is 12.4. The van der Waals surface area contributed by atoms with Crippen LogP contribution in [0.1, 0.15) is 31.2 Å². The van der Waals surface area contributed by atoms with E-state index in [0.717, 1.165) is 30.1 Å². The van der Waals surface area contributed by atoms with Gasteiger partial charge >= 0.3 is 0 Å². The molecule has 1 aliphatic rings. The number of alkyl halides is 1. The van der Waals surface area contributed by atoms with Gasteiger partial charge in [0.1, 0.15) is 0 Å². The Kier molecular flexibility index (Phi) is 5.08. The zero-order valence-corrected chi connectivity index (χ0v) is 11.3. The van der Waals surface area contributed by atoms with Gasteiger partial charge in [0.05, 0.1) is 5.02 Å². The molecule has 1 fully saturated rings. The third-order valence-electron chi connectivity index (χ3n) is 3.39. The lowest BCUT2D eigenvalue weighted by molar-refractivity contribution is 0.348. The van der Waals surface area contributed by atoms with Gasteiger partial charge in [-0.05, 0) is 36.9 Å². The van der Waals surface area contributed by atoms with Crippen molar-refractivity contribution in [2.24, 2.45) is 5.92 Å². The van der Waals surface area contributed by atoms with E-state index in [9.17, 15) is 0 Å². The van der Waals surface area contributed by atoms with Crippen molar-refractivity contribution in [3.63, 3.8) is 0 Å². The summed E-state index contributed by atoms with van der Waals surface area (Å²) in [5, 5.41) is 4.51. The molecule has 1 aromatic heterocycles. The second-order valence-electron chi connectivity index (χ2n) is 4.66. The fraction of sp³-hybridized carbons (Fsp3) is 0.615. The van der Waals surface area contributed by atoms with Crippen molar-refractivity contribution >= 4 is 23.2 Å². The molecule has 1 heterocycles. The number of halogens is 2. The summed E-state index contributed by atoms with van der Waals surface area (Å²) in [6, 6.07) is 1.95. The molecule has 0 aromatic carbocycles. The van der Waals surface area contributed by atoms with Crippen LogP contribution < -0.4 is 5.32 Å². The maximum atomic E-state index is 6.32. The zero-order valence-electron chi connectivity index (χ0n) is 9.83. The number of hydrogen-bond donors (Lipinski definition) is 1. The van der Waals surface area contributed by atoms with Gasteiger partial charge in [0, 0.05) is 24.3 Å². The first-order chi connectivity index (χ1) is 8.27. The molecular formula is C13H18Cl2N2. The Morgan fingerprint density at radius 3 is 2.94 bits per heavy atom. The molecule has 1 saturated carbocycles. The summed E-state index contributed by atoms with van der Waals surface area (Å²) < 4.78 is 0. The Morgan fingerprint density at radius 1 is 1.35 bits per heavy atom.